The first kappa shape index (κ1) is 16.0. The van der Waals surface area contributed by atoms with E-state index < -0.39 is 6.04 Å². The van der Waals surface area contributed by atoms with Crippen LogP contribution in [-0.4, -0.2) is 37.0 Å². The summed E-state index contributed by atoms with van der Waals surface area (Å²) < 4.78 is 0. The van der Waals surface area contributed by atoms with E-state index in [0.29, 0.717) is 6.54 Å². The third-order valence-corrected chi connectivity index (χ3v) is 4.27. The van der Waals surface area contributed by atoms with E-state index in [4.69, 9.17) is 5.73 Å². The van der Waals surface area contributed by atoms with Crippen LogP contribution < -0.4 is 11.1 Å². The Labute approximate surface area is 127 Å². The molecule has 21 heavy (non-hydrogen) atoms. The van der Waals surface area contributed by atoms with Crippen LogP contribution in [0.1, 0.15) is 37.8 Å². The first-order valence-corrected chi connectivity index (χ1v) is 7.97. The molecule has 1 heterocycles. The summed E-state index contributed by atoms with van der Waals surface area (Å²) in [6, 6.07) is 8.94. The van der Waals surface area contributed by atoms with E-state index in [1.165, 1.54) is 25.9 Å². The molecule has 4 nitrogen and oxygen atoms in total. The molecule has 1 aromatic carbocycles. The topological polar surface area (TPSA) is 58.4 Å². The molecule has 0 aliphatic carbocycles. The summed E-state index contributed by atoms with van der Waals surface area (Å²) in [4.78, 5) is 14.5. The first-order chi connectivity index (χ1) is 10.2. The van der Waals surface area contributed by atoms with Crippen LogP contribution in [0.2, 0.25) is 0 Å². The summed E-state index contributed by atoms with van der Waals surface area (Å²) in [5.74, 6) is 0.776. The van der Waals surface area contributed by atoms with Gasteiger partial charge in [-0.3, -0.25) is 4.79 Å². The molecule has 2 rings (SSSR count). The highest BCUT2D eigenvalue weighted by Gasteiger charge is 2.16. The highest BCUT2D eigenvalue weighted by Crippen LogP contribution is 2.15. The molecule has 0 aromatic heterocycles. The maximum Gasteiger partial charge on any atom is 0.241 e. The second kappa shape index (κ2) is 8.15. The first-order valence-electron chi connectivity index (χ1n) is 7.97. The number of likely N-dealkylation sites (tertiary alicyclic amines) is 1. The molecule has 1 aliphatic rings. The van der Waals surface area contributed by atoms with E-state index in [-0.39, 0.29) is 5.91 Å². The molecular formula is C17H27N3O. The molecular weight excluding hydrogens is 262 g/mol. The van der Waals surface area contributed by atoms with Gasteiger partial charge in [-0.15, -0.1) is 0 Å². The minimum absolute atomic E-state index is 0.0894. The number of carbonyl (C=O) groups is 1. The Balaban J connectivity index is 1.63. The summed E-state index contributed by atoms with van der Waals surface area (Å²) in [6.07, 6.45) is 3.58. The number of carbonyl (C=O) groups excluding carboxylic acids is 1. The van der Waals surface area contributed by atoms with Gasteiger partial charge in [-0.25, -0.2) is 0 Å². The predicted octanol–water partition coefficient (Wildman–Crippen LogP) is 1.92. The van der Waals surface area contributed by atoms with Gasteiger partial charge in [-0.1, -0.05) is 37.3 Å². The molecule has 1 saturated heterocycles. The summed E-state index contributed by atoms with van der Waals surface area (Å²) in [7, 11) is 0. The van der Waals surface area contributed by atoms with Gasteiger partial charge in [0.1, 0.15) is 6.04 Å². The van der Waals surface area contributed by atoms with E-state index in [0.717, 1.165) is 24.4 Å². The number of nitrogens with zero attached hydrogens (tertiary/aromatic N) is 1. The highest BCUT2D eigenvalue weighted by atomic mass is 16.2. The molecule has 1 aliphatic heterocycles. The molecule has 0 saturated carbocycles. The Morgan fingerprint density at radius 1 is 1.33 bits per heavy atom. The molecule has 3 N–H and O–H groups in total. The van der Waals surface area contributed by atoms with Gasteiger partial charge in [0, 0.05) is 6.54 Å². The number of amides is 1. The van der Waals surface area contributed by atoms with Crippen LogP contribution in [0.4, 0.5) is 0 Å². The number of benzene rings is 1. The lowest BCUT2D eigenvalue weighted by molar-refractivity contribution is -0.122. The molecule has 0 unspecified atom stereocenters. The molecule has 0 radical (unpaired) electrons. The predicted molar refractivity (Wildman–Crippen MR) is 85.8 cm³/mol. The molecule has 4 heteroatoms. The Morgan fingerprint density at radius 3 is 2.67 bits per heavy atom. The third kappa shape index (κ3) is 5.14. The normalized spacial score (nSPS) is 18.4. The monoisotopic (exact) mass is 289 g/mol. The van der Waals surface area contributed by atoms with Gasteiger partial charge in [-0.05, 0) is 50.4 Å². The Hall–Kier alpha value is -1.39. The fraction of sp³-hybridized carbons (Fsp3) is 0.588. The van der Waals surface area contributed by atoms with Crippen molar-refractivity contribution >= 4 is 5.91 Å². The molecule has 0 spiro atoms. The van der Waals surface area contributed by atoms with Gasteiger partial charge >= 0.3 is 0 Å². The number of piperidine rings is 1. The van der Waals surface area contributed by atoms with Crippen LogP contribution in [-0.2, 0) is 4.79 Å². The zero-order chi connectivity index (χ0) is 15.1. The van der Waals surface area contributed by atoms with Crippen LogP contribution in [0, 0.1) is 5.92 Å². The average molecular weight is 289 g/mol. The van der Waals surface area contributed by atoms with Crippen molar-refractivity contribution < 1.29 is 4.79 Å². The summed E-state index contributed by atoms with van der Waals surface area (Å²) in [6.45, 7) is 6.47. The van der Waals surface area contributed by atoms with Gasteiger partial charge in [0.25, 0.3) is 0 Å². The van der Waals surface area contributed by atoms with Crippen molar-refractivity contribution in [1.82, 2.24) is 10.2 Å². The van der Waals surface area contributed by atoms with E-state index >= 15 is 0 Å². The largest absolute Gasteiger partial charge is 0.354 e. The summed E-state index contributed by atoms with van der Waals surface area (Å²) in [5.41, 5.74) is 6.82. The Bertz CT molecular complexity index is 427. The molecule has 1 amide bonds. The lowest BCUT2D eigenvalue weighted by atomic mass is 9.99. The fourth-order valence-electron chi connectivity index (χ4n) is 2.72. The maximum absolute atomic E-state index is 12.0. The van der Waals surface area contributed by atoms with E-state index in [9.17, 15) is 4.79 Å². The second-order valence-corrected chi connectivity index (χ2v) is 6.06. The van der Waals surface area contributed by atoms with Crippen LogP contribution in [0.5, 0.6) is 0 Å². The number of nitrogens with two attached hydrogens (primary N) is 1. The van der Waals surface area contributed by atoms with Gasteiger partial charge in [0.15, 0.2) is 0 Å². The minimum Gasteiger partial charge on any atom is -0.354 e. The lowest BCUT2D eigenvalue weighted by Gasteiger charge is -2.30. The third-order valence-electron chi connectivity index (χ3n) is 4.27. The van der Waals surface area contributed by atoms with Gasteiger partial charge in [-0.2, -0.15) is 0 Å². The van der Waals surface area contributed by atoms with E-state index in [2.05, 4.69) is 17.1 Å². The number of hydrogen-bond acceptors (Lipinski definition) is 3. The Morgan fingerprint density at radius 2 is 2.00 bits per heavy atom. The maximum atomic E-state index is 12.0. The highest BCUT2D eigenvalue weighted by molar-refractivity contribution is 5.82. The number of hydrogen-bond donors (Lipinski definition) is 2. The van der Waals surface area contributed by atoms with Crippen molar-refractivity contribution in [1.29, 1.82) is 0 Å². The molecule has 0 bridgehead atoms. The van der Waals surface area contributed by atoms with Crippen LogP contribution in [0.25, 0.3) is 0 Å². The molecule has 1 aromatic rings. The SMILES string of the molecule is CC1CCN(CCCNC(=O)[C@@H](N)c2ccccc2)CC1. The number of nitrogens with one attached hydrogen (secondary N) is 1. The van der Waals surface area contributed by atoms with Crippen LogP contribution in [0.15, 0.2) is 30.3 Å². The van der Waals surface area contributed by atoms with Crippen molar-refractivity contribution in [3.05, 3.63) is 35.9 Å². The number of rotatable bonds is 6. The van der Waals surface area contributed by atoms with Gasteiger partial charge < -0.3 is 16.0 Å². The van der Waals surface area contributed by atoms with Crippen molar-refractivity contribution in [3.63, 3.8) is 0 Å². The minimum atomic E-state index is -0.568. The van der Waals surface area contributed by atoms with E-state index in [1.807, 2.05) is 30.3 Å². The van der Waals surface area contributed by atoms with Crippen molar-refractivity contribution in [2.45, 2.75) is 32.2 Å². The van der Waals surface area contributed by atoms with Crippen LogP contribution >= 0.6 is 0 Å². The average Bonchev–Trinajstić information content (AvgIpc) is 2.53. The molecule has 116 valence electrons. The second-order valence-electron chi connectivity index (χ2n) is 6.06. The van der Waals surface area contributed by atoms with Gasteiger partial charge in [0.2, 0.25) is 5.91 Å². The van der Waals surface area contributed by atoms with Crippen molar-refractivity contribution in [2.75, 3.05) is 26.2 Å². The quantitative estimate of drug-likeness (QED) is 0.787. The van der Waals surface area contributed by atoms with Gasteiger partial charge in [0.05, 0.1) is 0 Å². The Kier molecular flexibility index (Phi) is 6.21. The zero-order valence-corrected chi connectivity index (χ0v) is 12.9. The standard InChI is InChI=1S/C17H27N3O/c1-14-8-12-20(13-9-14)11-5-10-19-17(21)16(18)15-6-3-2-4-7-15/h2-4,6-7,14,16H,5,8-13,18H2,1H3,(H,19,21)/t16-/m0/s1. The zero-order valence-electron chi connectivity index (χ0n) is 12.9. The lowest BCUT2D eigenvalue weighted by Crippen LogP contribution is -2.37. The fourth-order valence-corrected chi connectivity index (χ4v) is 2.72. The van der Waals surface area contributed by atoms with Crippen molar-refractivity contribution in [2.24, 2.45) is 11.7 Å². The summed E-state index contributed by atoms with van der Waals surface area (Å²) in [5, 5.41) is 2.94. The van der Waals surface area contributed by atoms with Crippen LogP contribution in [0.3, 0.4) is 0 Å². The molecule has 1 fully saturated rings. The molecule has 1 atom stereocenters. The smallest absolute Gasteiger partial charge is 0.241 e. The van der Waals surface area contributed by atoms with E-state index in [1.54, 1.807) is 0 Å². The summed E-state index contributed by atoms with van der Waals surface area (Å²) >= 11 is 0. The van der Waals surface area contributed by atoms with Crippen molar-refractivity contribution in [3.8, 4) is 0 Å².